The number of rotatable bonds is 3. The third-order valence-corrected chi connectivity index (χ3v) is 3.82. The van der Waals surface area contributed by atoms with Gasteiger partial charge in [0, 0.05) is 35.3 Å². The Labute approximate surface area is 109 Å². The number of halogens is 2. The molecule has 1 N–H and O–H groups in total. The first-order valence-corrected chi connectivity index (χ1v) is 6.68. The van der Waals surface area contributed by atoms with Gasteiger partial charge in [-0.25, -0.2) is 0 Å². The minimum absolute atomic E-state index is 0.569. The molecule has 1 aromatic carbocycles. The van der Waals surface area contributed by atoms with E-state index in [1.807, 2.05) is 18.2 Å². The summed E-state index contributed by atoms with van der Waals surface area (Å²) in [5.41, 5.74) is 1.21. The summed E-state index contributed by atoms with van der Waals surface area (Å²) in [5.74, 6) is 0. The summed E-state index contributed by atoms with van der Waals surface area (Å²) in [6.45, 7) is 2.59. The monoisotopic (exact) mass is 303 g/mol. The van der Waals surface area contributed by atoms with Crippen molar-refractivity contribution < 1.29 is 4.74 Å². The van der Waals surface area contributed by atoms with Crippen LogP contribution in [0.1, 0.15) is 18.4 Å². The Morgan fingerprint density at radius 3 is 2.88 bits per heavy atom. The molecule has 1 saturated heterocycles. The summed E-state index contributed by atoms with van der Waals surface area (Å²) >= 11 is 9.50. The molecule has 0 unspecified atom stereocenters. The zero-order valence-corrected chi connectivity index (χ0v) is 11.4. The van der Waals surface area contributed by atoms with Crippen molar-refractivity contribution >= 4 is 27.5 Å². The summed E-state index contributed by atoms with van der Waals surface area (Å²) in [6, 6.07) is 6.45. The van der Waals surface area contributed by atoms with Gasteiger partial charge in [-0.05, 0) is 36.6 Å². The molecule has 0 amide bonds. The highest BCUT2D eigenvalue weighted by Gasteiger charge is 2.13. The summed E-state index contributed by atoms with van der Waals surface area (Å²) in [6.07, 6.45) is 2.19. The van der Waals surface area contributed by atoms with E-state index in [2.05, 4.69) is 21.2 Å². The molecule has 1 heterocycles. The van der Waals surface area contributed by atoms with Crippen molar-refractivity contribution in [2.75, 3.05) is 13.2 Å². The molecular weight excluding hydrogens is 289 g/mol. The Balaban J connectivity index is 1.90. The van der Waals surface area contributed by atoms with Gasteiger partial charge in [-0.15, -0.1) is 0 Å². The molecule has 0 atom stereocenters. The van der Waals surface area contributed by atoms with Gasteiger partial charge in [0.15, 0.2) is 0 Å². The van der Waals surface area contributed by atoms with E-state index in [0.29, 0.717) is 6.04 Å². The first kappa shape index (κ1) is 12.4. The van der Waals surface area contributed by atoms with Crippen LogP contribution in [-0.2, 0) is 11.3 Å². The van der Waals surface area contributed by atoms with Crippen LogP contribution in [-0.4, -0.2) is 19.3 Å². The van der Waals surface area contributed by atoms with Gasteiger partial charge >= 0.3 is 0 Å². The summed E-state index contributed by atoms with van der Waals surface area (Å²) < 4.78 is 6.43. The van der Waals surface area contributed by atoms with E-state index in [9.17, 15) is 0 Å². The second kappa shape index (κ2) is 6.01. The van der Waals surface area contributed by atoms with Crippen molar-refractivity contribution in [2.24, 2.45) is 0 Å². The van der Waals surface area contributed by atoms with E-state index in [1.54, 1.807) is 0 Å². The molecular formula is C12H15BrClNO. The number of nitrogens with one attached hydrogen (secondary N) is 1. The average molecular weight is 305 g/mol. The van der Waals surface area contributed by atoms with Gasteiger partial charge in [0.05, 0.1) is 0 Å². The standard InChI is InChI=1S/C12H15BrClNO/c13-12-2-1-10(14)7-9(12)8-15-11-3-5-16-6-4-11/h1-2,7,11,15H,3-6,8H2. The highest BCUT2D eigenvalue weighted by molar-refractivity contribution is 9.10. The molecule has 2 nitrogen and oxygen atoms in total. The molecule has 0 aliphatic carbocycles. The lowest BCUT2D eigenvalue weighted by molar-refractivity contribution is 0.0776. The zero-order chi connectivity index (χ0) is 11.4. The minimum atomic E-state index is 0.569. The number of hydrogen-bond acceptors (Lipinski definition) is 2. The Bertz CT molecular complexity index is 353. The van der Waals surface area contributed by atoms with Crippen molar-refractivity contribution in [3.63, 3.8) is 0 Å². The lowest BCUT2D eigenvalue weighted by Crippen LogP contribution is -2.34. The molecule has 0 bridgehead atoms. The first-order valence-electron chi connectivity index (χ1n) is 5.51. The SMILES string of the molecule is Clc1ccc(Br)c(CNC2CCOCC2)c1. The van der Waals surface area contributed by atoms with Crippen LogP contribution in [0.15, 0.2) is 22.7 Å². The predicted molar refractivity (Wildman–Crippen MR) is 69.8 cm³/mol. The first-order chi connectivity index (χ1) is 7.75. The van der Waals surface area contributed by atoms with E-state index < -0.39 is 0 Å². The highest BCUT2D eigenvalue weighted by Crippen LogP contribution is 2.21. The Hall–Kier alpha value is -0.0900. The van der Waals surface area contributed by atoms with Gasteiger partial charge in [0.1, 0.15) is 0 Å². The summed E-state index contributed by atoms with van der Waals surface area (Å²) in [5, 5.41) is 4.32. The fourth-order valence-electron chi connectivity index (χ4n) is 1.83. The maximum Gasteiger partial charge on any atom is 0.0480 e. The molecule has 0 saturated carbocycles. The molecule has 0 aromatic heterocycles. The molecule has 1 aliphatic rings. The third kappa shape index (κ3) is 3.45. The fourth-order valence-corrected chi connectivity index (χ4v) is 2.42. The van der Waals surface area contributed by atoms with E-state index in [1.165, 1.54) is 5.56 Å². The molecule has 88 valence electrons. The Morgan fingerprint density at radius 2 is 2.12 bits per heavy atom. The smallest absolute Gasteiger partial charge is 0.0480 e. The predicted octanol–water partition coefficient (Wildman–Crippen LogP) is 3.37. The van der Waals surface area contributed by atoms with Gasteiger partial charge in [-0.3, -0.25) is 0 Å². The number of ether oxygens (including phenoxy) is 1. The maximum atomic E-state index is 5.97. The molecule has 1 fully saturated rings. The van der Waals surface area contributed by atoms with Crippen LogP contribution >= 0.6 is 27.5 Å². The minimum Gasteiger partial charge on any atom is -0.381 e. The van der Waals surface area contributed by atoms with Gasteiger partial charge < -0.3 is 10.1 Å². The second-order valence-corrected chi connectivity index (χ2v) is 5.29. The van der Waals surface area contributed by atoms with Crippen LogP contribution in [0.4, 0.5) is 0 Å². The van der Waals surface area contributed by atoms with E-state index >= 15 is 0 Å². The largest absolute Gasteiger partial charge is 0.381 e. The summed E-state index contributed by atoms with van der Waals surface area (Å²) in [7, 11) is 0. The molecule has 16 heavy (non-hydrogen) atoms. The molecule has 1 aliphatic heterocycles. The Morgan fingerprint density at radius 1 is 1.38 bits per heavy atom. The molecule has 2 rings (SSSR count). The van der Waals surface area contributed by atoms with Crippen molar-refractivity contribution in [1.82, 2.24) is 5.32 Å². The number of hydrogen-bond donors (Lipinski definition) is 1. The van der Waals surface area contributed by atoms with Crippen LogP contribution in [0.25, 0.3) is 0 Å². The zero-order valence-electron chi connectivity index (χ0n) is 9.01. The van der Waals surface area contributed by atoms with Crippen molar-refractivity contribution in [1.29, 1.82) is 0 Å². The van der Waals surface area contributed by atoms with E-state index in [0.717, 1.165) is 42.1 Å². The third-order valence-electron chi connectivity index (χ3n) is 2.81. The fraction of sp³-hybridized carbons (Fsp3) is 0.500. The highest BCUT2D eigenvalue weighted by atomic mass is 79.9. The average Bonchev–Trinajstić information content (AvgIpc) is 2.32. The van der Waals surface area contributed by atoms with Crippen LogP contribution < -0.4 is 5.32 Å². The molecule has 0 spiro atoms. The number of benzene rings is 1. The van der Waals surface area contributed by atoms with Gasteiger partial charge in [-0.1, -0.05) is 27.5 Å². The molecule has 4 heteroatoms. The molecule has 1 aromatic rings. The summed E-state index contributed by atoms with van der Waals surface area (Å²) in [4.78, 5) is 0. The van der Waals surface area contributed by atoms with E-state index in [4.69, 9.17) is 16.3 Å². The normalized spacial score (nSPS) is 17.6. The van der Waals surface area contributed by atoms with Crippen molar-refractivity contribution in [2.45, 2.75) is 25.4 Å². The lowest BCUT2D eigenvalue weighted by atomic mass is 10.1. The quantitative estimate of drug-likeness (QED) is 0.924. The van der Waals surface area contributed by atoms with Crippen LogP contribution in [0.2, 0.25) is 5.02 Å². The van der Waals surface area contributed by atoms with Crippen molar-refractivity contribution in [3.05, 3.63) is 33.3 Å². The van der Waals surface area contributed by atoms with E-state index in [-0.39, 0.29) is 0 Å². The van der Waals surface area contributed by atoms with Gasteiger partial charge in [0.25, 0.3) is 0 Å². The second-order valence-electron chi connectivity index (χ2n) is 4.00. The maximum absolute atomic E-state index is 5.97. The van der Waals surface area contributed by atoms with Crippen LogP contribution in [0.5, 0.6) is 0 Å². The topological polar surface area (TPSA) is 21.3 Å². The lowest BCUT2D eigenvalue weighted by Gasteiger charge is -2.23. The van der Waals surface area contributed by atoms with Gasteiger partial charge in [-0.2, -0.15) is 0 Å². The van der Waals surface area contributed by atoms with Gasteiger partial charge in [0.2, 0.25) is 0 Å². The van der Waals surface area contributed by atoms with Crippen molar-refractivity contribution in [3.8, 4) is 0 Å². The van der Waals surface area contributed by atoms with Crippen LogP contribution in [0.3, 0.4) is 0 Å². The molecule has 0 radical (unpaired) electrons. The Kier molecular flexibility index (Phi) is 4.65. The van der Waals surface area contributed by atoms with Crippen LogP contribution in [0, 0.1) is 0 Å².